The first kappa shape index (κ1) is 15.1. The molecule has 0 saturated heterocycles. The second-order valence-corrected chi connectivity index (χ2v) is 4.66. The summed E-state index contributed by atoms with van der Waals surface area (Å²) in [6, 6.07) is -0.895. The topological polar surface area (TPSA) is 89.2 Å². The molecular formula is C11H20N3O3S+. The number of nitrogens with zero attached hydrogens (tertiary/aromatic N) is 2. The van der Waals surface area contributed by atoms with Gasteiger partial charge in [0.25, 0.3) is 6.04 Å². The number of aromatic nitrogens is 2. The molecule has 1 aromatic heterocycles. The molecule has 0 spiro atoms. The van der Waals surface area contributed by atoms with Crippen molar-refractivity contribution in [3.05, 3.63) is 16.9 Å². The zero-order valence-corrected chi connectivity index (χ0v) is 11.3. The van der Waals surface area contributed by atoms with Gasteiger partial charge in [0.1, 0.15) is 5.03 Å². The van der Waals surface area contributed by atoms with Crippen LogP contribution in [0.1, 0.15) is 31.9 Å². The number of imidazole rings is 1. The number of H-pyrrole nitrogens is 1. The van der Waals surface area contributed by atoms with Crippen LogP contribution in [0.15, 0.2) is 11.4 Å². The molecule has 0 aliphatic heterocycles. The third-order valence-electron chi connectivity index (χ3n) is 2.80. The molecule has 6 nitrogen and oxygen atoms in total. The highest BCUT2D eigenvalue weighted by molar-refractivity contribution is 7.80. The number of thiol groups is 1. The third-order valence-corrected chi connectivity index (χ3v) is 3.19. The number of rotatable bonds is 8. The number of unbranched alkanes of at least 4 members (excludes halogenated alkanes) is 2. The zero-order chi connectivity index (χ0) is 13.5. The lowest BCUT2D eigenvalue weighted by atomic mass is 10.1. The van der Waals surface area contributed by atoms with Crippen molar-refractivity contribution in [3.63, 3.8) is 0 Å². The number of hydrogen-bond acceptors (Lipinski definition) is 5. The molecule has 1 aromatic rings. The van der Waals surface area contributed by atoms with Crippen molar-refractivity contribution in [2.45, 2.75) is 50.0 Å². The first-order chi connectivity index (χ1) is 8.56. The van der Waals surface area contributed by atoms with Gasteiger partial charge < -0.3 is 15.2 Å². The molecule has 0 radical (unpaired) electrons. The first-order valence-electron chi connectivity index (χ1n) is 6.07. The Morgan fingerprint density at radius 2 is 2.22 bits per heavy atom. The average Bonchev–Trinajstić information content (AvgIpc) is 2.71. The van der Waals surface area contributed by atoms with Gasteiger partial charge in [-0.05, 0) is 6.42 Å². The van der Waals surface area contributed by atoms with E-state index in [9.17, 15) is 15.1 Å². The molecule has 0 aliphatic rings. The minimum Gasteiger partial charge on any atom is -0.363 e. The van der Waals surface area contributed by atoms with Gasteiger partial charge in [-0.1, -0.05) is 13.3 Å². The smallest absolute Gasteiger partial charge is 0.256 e. The number of aliphatic hydroxyl groups is 2. The number of hydrogen-bond donors (Lipinski definition) is 4. The van der Waals surface area contributed by atoms with Crippen molar-refractivity contribution >= 4 is 12.6 Å². The maximum atomic E-state index is 11.8. The van der Waals surface area contributed by atoms with E-state index in [1.165, 1.54) is 6.33 Å². The van der Waals surface area contributed by atoms with E-state index in [0.29, 0.717) is 17.3 Å². The van der Waals surface area contributed by atoms with Gasteiger partial charge in [0.05, 0.1) is 18.4 Å². The largest absolute Gasteiger partial charge is 0.363 e. The Morgan fingerprint density at radius 3 is 2.72 bits per heavy atom. The Morgan fingerprint density at radius 1 is 1.50 bits per heavy atom. The van der Waals surface area contributed by atoms with Crippen LogP contribution in [0, 0.1) is 4.91 Å². The molecule has 1 unspecified atom stereocenters. The lowest BCUT2D eigenvalue weighted by molar-refractivity contribution is -0.605. The summed E-state index contributed by atoms with van der Waals surface area (Å²) in [5.74, 6) is 0. The van der Waals surface area contributed by atoms with Crippen molar-refractivity contribution in [1.82, 2.24) is 9.97 Å². The van der Waals surface area contributed by atoms with Crippen LogP contribution in [0.4, 0.5) is 0 Å². The van der Waals surface area contributed by atoms with Gasteiger partial charge in [0.2, 0.25) is 6.29 Å². The molecule has 1 atom stereocenters. The summed E-state index contributed by atoms with van der Waals surface area (Å²) in [4.78, 5) is 18.6. The molecule has 1 rings (SSSR count). The van der Waals surface area contributed by atoms with Crippen LogP contribution in [-0.4, -0.2) is 43.8 Å². The van der Waals surface area contributed by atoms with E-state index in [4.69, 9.17) is 0 Å². The molecule has 1 heterocycles. The van der Waals surface area contributed by atoms with Gasteiger partial charge in [-0.3, -0.25) is 0 Å². The van der Waals surface area contributed by atoms with Crippen molar-refractivity contribution in [3.8, 4) is 0 Å². The Kier molecular flexibility index (Phi) is 6.31. The molecule has 7 heteroatoms. The summed E-state index contributed by atoms with van der Waals surface area (Å²) >= 11 is 4.12. The van der Waals surface area contributed by atoms with E-state index in [-0.39, 0.29) is 6.42 Å². The van der Waals surface area contributed by atoms with Gasteiger partial charge in [-0.15, -0.1) is 12.6 Å². The first-order valence-corrected chi connectivity index (χ1v) is 6.52. The van der Waals surface area contributed by atoms with E-state index < -0.39 is 12.3 Å². The van der Waals surface area contributed by atoms with Gasteiger partial charge in [0, 0.05) is 16.1 Å². The summed E-state index contributed by atoms with van der Waals surface area (Å²) < 4.78 is 0.731. The van der Waals surface area contributed by atoms with E-state index in [0.717, 1.165) is 24.0 Å². The van der Waals surface area contributed by atoms with Crippen molar-refractivity contribution in [1.29, 1.82) is 0 Å². The molecule has 0 saturated carbocycles. The monoisotopic (exact) mass is 274 g/mol. The van der Waals surface area contributed by atoms with Crippen LogP contribution in [-0.2, 0) is 6.42 Å². The van der Waals surface area contributed by atoms with Crippen LogP contribution in [0.2, 0.25) is 0 Å². The fraction of sp³-hybridized carbons (Fsp3) is 0.727. The summed E-state index contributed by atoms with van der Waals surface area (Å²) in [5.41, 5.74) is 0.632. The summed E-state index contributed by atoms with van der Waals surface area (Å²) in [6.07, 6.45) is 2.69. The van der Waals surface area contributed by atoms with E-state index in [1.807, 2.05) is 6.92 Å². The third kappa shape index (κ3) is 4.40. The Bertz CT molecular complexity index is 381. The van der Waals surface area contributed by atoms with E-state index in [1.54, 1.807) is 0 Å². The molecule has 0 bridgehead atoms. The molecule has 0 amide bonds. The number of aromatic amines is 1. The fourth-order valence-corrected chi connectivity index (χ4v) is 1.93. The minimum absolute atomic E-state index is 0.187. The number of nitrogens with one attached hydrogen (secondary N) is 1. The molecule has 18 heavy (non-hydrogen) atoms. The van der Waals surface area contributed by atoms with Crippen LogP contribution < -0.4 is 0 Å². The molecule has 0 fully saturated rings. The van der Waals surface area contributed by atoms with Crippen molar-refractivity contribution < 1.29 is 15.0 Å². The SMILES string of the molecule is CCCCC[N+](=O)C(Cc1[nH]cnc1S)C(O)O. The van der Waals surface area contributed by atoms with Crippen LogP contribution in [0.5, 0.6) is 0 Å². The number of aliphatic hydroxyl groups excluding tert-OH is 1. The highest BCUT2D eigenvalue weighted by atomic mass is 32.1. The maximum absolute atomic E-state index is 11.8. The molecule has 3 N–H and O–H groups in total. The Hall–Kier alpha value is -0.920. The second-order valence-electron chi connectivity index (χ2n) is 4.24. The van der Waals surface area contributed by atoms with Gasteiger partial charge in [-0.2, -0.15) is 0 Å². The summed E-state index contributed by atoms with van der Waals surface area (Å²) in [7, 11) is 0. The predicted octanol–water partition coefficient (Wildman–Crippen LogP) is 0.889. The number of nitroso groups, excluding NO2 is 1. The summed E-state index contributed by atoms with van der Waals surface area (Å²) in [6.45, 7) is 2.34. The van der Waals surface area contributed by atoms with Gasteiger partial charge >= 0.3 is 0 Å². The molecular weight excluding hydrogens is 254 g/mol. The maximum Gasteiger partial charge on any atom is 0.256 e. The van der Waals surface area contributed by atoms with Crippen LogP contribution in [0.25, 0.3) is 0 Å². The lowest BCUT2D eigenvalue weighted by Crippen LogP contribution is -2.38. The lowest BCUT2D eigenvalue weighted by Gasteiger charge is -2.11. The van der Waals surface area contributed by atoms with Gasteiger partial charge in [-0.25, -0.2) is 4.98 Å². The predicted molar refractivity (Wildman–Crippen MR) is 69.6 cm³/mol. The Labute approximate surface area is 111 Å². The van der Waals surface area contributed by atoms with Crippen molar-refractivity contribution in [2.24, 2.45) is 0 Å². The standard InChI is InChI=1S/C11H19N3O3S/c1-2-3-4-5-14(17)9(11(15)16)6-8-10(18)13-7-12-8/h7,9,11,15-16H,2-6H2,1H3,(H-,12,13,18)/p+1. The molecule has 102 valence electrons. The highest BCUT2D eigenvalue weighted by Crippen LogP contribution is 2.13. The van der Waals surface area contributed by atoms with Crippen LogP contribution in [0.3, 0.4) is 0 Å². The van der Waals surface area contributed by atoms with Gasteiger partial charge in [0.15, 0.2) is 6.54 Å². The highest BCUT2D eigenvalue weighted by Gasteiger charge is 2.32. The zero-order valence-electron chi connectivity index (χ0n) is 10.4. The second kappa shape index (κ2) is 7.50. The molecule has 0 aromatic carbocycles. The van der Waals surface area contributed by atoms with E-state index in [2.05, 4.69) is 22.6 Å². The van der Waals surface area contributed by atoms with Crippen molar-refractivity contribution in [2.75, 3.05) is 6.54 Å². The minimum atomic E-state index is -1.68. The fourth-order valence-electron chi connectivity index (χ4n) is 1.71. The van der Waals surface area contributed by atoms with E-state index >= 15 is 0 Å². The summed E-state index contributed by atoms with van der Waals surface area (Å²) in [5, 5.41) is 19.0. The normalized spacial score (nSPS) is 12.9. The van der Waals surface area contributed by atoms with Crippen LogP contribution >= 0.6 is 12.6 Å². The quantitative estimate of drug-likeness (QED) is 0.245. The molecule has 0 aliphatic carbocycles. The average molecular weight is 274 g/mol. The Balaban J connectivity index is 2.60.